The van der Waals surface area contributed by atoms with E-state index in [0.29, 0.717) is 0 Å². The van der Waals surface area contributed by atoms with Gasteiger partial charge in [-0.2, -0.15) is 5.26 Å². The van der Waals surface area contributed by atoms with E-state index in [1.807, 2.05) is 36.4 Å². The van der Waals surface area contributed by atoms with Gasteiger partial charge in [-0.25, -0.2) is 0 Å². The fraction of sp³-hybridized carbons (Fsp3) is 0.250. The summed E-state index contributed by atoms with van der Waals surface area (Å²) < 4.78 is 5.12. The van der Waals surface area contributed by atoms with Gasteiger partial charge in [0.1, 0.15) is 5.75 Å². The van der Waals surface area contributed by atoms with E-state index in [1.54, 1.807) is 19.5 Å². The summed E-state index contributed by atoms with van der Waals surface area (Å²) in [7, 11) is 1.64. The molecular formula is C16H16N2O. The summed E-state index contributed by atoms with van der Waals surface area (Å²) in [5.41, 5.74) is 2.25. The van der Waals surface area contributed by atoms with Crippen LogP contribution in [-0.2, 0) is 6.42 Å². The third-order valence-corrected chi connectivity index (χ3v) is 3.15. The molecule has 96 valence electrons. The number of hydrogen-bond acceptors (Lipinski definition) is 3. The largest absolute Gasteiger partial charge is 0.497 e. The highest BCUT2D eigenvalue weighted by molar-refractivity contribution is 5.32. The van der Waals surface area contributed by atoms with Gasteiger partial charge in [0, 0.05) is 12.4 Å². The molecule has 1 aromatic heterocycles. The van der Waals surface area contributed by atoms with Gasteiger partial charge in [0.2, 0.25) is 0 Å². The standard InChI is InChI=1S/C16H16N2O/c1-19-16-6-4-14(5-7-16)15(12-17)3-2-13-8-10-18-11-9-13/h4-11,15H,2-3H2,1H3. The smallest absolute Gasteiger partial charge is 0.118 e. The zero-order chi connectivity index (χ0) is 13.5. The lowest BCUT2D eigenvalue weighted by molar-refractivity contribution is 0.414. The van der Waals surface area contributed by atoms with Crippen LogP contribution in [0.25, 0.3) is 0 Å². The summed E-state index contributed by atoms with van der Waals surface area (Å²) in [6, 6.07) is 14.1. The molecule has 1 atom stereocenters. The highest BCUT2D eigenvalue weighted by Gasteiger charge is 2.10. The van der Waals surface area contributed by atoms with Gasteiger partial charge >= 0.3 is 0 Å². The normalized spacial score (nSPS) is 11.6. The monoisotopic (exact) mass is 252 g/mol. The van der Waals surface area contributed by atoms with E-state index in [0.717, 1.165) is 24.2 Å². The summed E-state index contributed by atoms with van der Waals surface area (Å²) in [6.07, 6.45) is 5.26. The maximum Gasteiger partial charge on any atom is 0.118 e. The molecule has 0 saturated carbocycles. The van der Waals surface area contributed by atoms with Crippen LogP contribution < -0.4 is 4.74 Å². The molecule has 1 aromatic carbocycles. The predicted molar refractivity (Wildman–Crippen MR) is 73.9 cm³/mol. The van der Waals surface area contributed by atoms with Crippen LogP contribution in [-0.4, -0.2) is 12.1 Å². The fourth-order valence-corrected chi connectivity index (χ4v) is 2.00. The van der Waals surface area contributed by atoms with Crippen LogP contribution in [0.5, 0.6) is 5.75 Å². The summed E-state index contributed by atoms with van der Waals surface area (Å²) in [6.45, 7) is 0. The predicted octanol–water partition coefficient (Wildman–Crippen LogP) is 3.33. The third kappa shape index (κ3) is 3.56. The lowest BCUT2D eigenvalue weighted by Crippen LogP contribution is -1.98. The van der Waals surface area contributed by atoms with Gasteiger partial charge < -0.3 is 4.74 Å². The molecule has 0 bridgehead atoms. The number of methoxy groups -OCH3 is 1. The van der Waals surface area contributed by atoms with Crippen LogP contribution in [0.3, 0.4) is 0 Å². The molecule has 2 aromatic rings. The molecule has 0 amide bonds. The first kappa shape index (κ1) is 13.1. The Morgan fingerprint density at radius 1 is 1.16 bits per heavy atom. The number of nitrogens with zero attached hydrogens (tertiary/aromatic N) is 2. The number of benzene rings is 1. The first-order chi connectivity index (χ1) is 9.33. The number of ether oxygens (including phenoxy) is 1. The van der Waals surface area contributed by atoms with Gasteiger partial charge in [-0.1, -0.05) is 12.1 Å². The Balaban J connectivity index is 2.02. The van der Waals surface area contributed by atoms with E-state index >= 15 is 0 Å². The maximum absolute atomic E-state index is 9.29. The Morgan fingerprint density at radius 2 is 1.84 bits per heavy atom. The van der Waals surface area contributed by atoms with Crippen molar-refractivity contribution in [3.05, 3.63) is 59.9 Å². The van der Waals surface area contributed by atoms with Crippen LogP contribution in [0.4, 0.5) is 0 Å². The summed E-state index contributed by atoms with van der Waals surface area (Å²) in [5.74, 6) is 0.730. The number of pyridine rings is 1. The highest BCUT2D eigenvalue weighted by Crippen LogP contribution is 2.23. The average molecular weight is 252 g/mol. The molecule has 0 aliphatic rings. The van der Waals surface area contributed by atoms with E-state index in [9.17, 15) is 5.26 Å². The van der Waals surface area contributed by atoms with E-state index in [4.69, 9.17) is 4.74 Å². The van der Waals surface area contributed by atoms with Gasteiger partial charge in [0.25, 0.3) is 0 Å². The van der Waals surface area contributed by atoms with Crippen molar-refractivity contribution >= 4 is 0 Å². The minimum Gasteiger partial charge on any atom is -0.497 e. The van der Waals surface area contributed by atoms with Crippen molar-refractivity contribution in [2.45, 2.75) is 18.8 Å². The zero-order valence-corrected chi connectivity index (χ0v) is 10.9. The Hall–Kier alpha value is -2.34. The Labute approximate surface area is 113 Å². The van der Waals surface area contributed by atoms with Gasteiger partial charge in [-0.05, 0) is 48.2 Å². The minimum atomic E-state index is -0.0842. The first-order valence-electron chi connectivity index (χ1n) is 6.26. The second kappa shape index (κ2) is 6.55. The van der Waals surface area contributed by atoms with Crippen LogP contribution in [0.15, 0.2) is 48.8 Å². The molecule has 3 nitrogen and oxygen atoms in total. The molecule has 1 heterocycles. The van der Waals surface area contributed by atoms with Crippen molar-refractivity contribution < 1.29 is 4.74 Å². The fourth-order valence-electron chi connectivity index (χ4n) is 2.00. The quantitative estimate of drug-likeness (QED) is 0.820. The molecule has 19 heavy (non-hydrogen) atoms. The Bertz CT molecular complexity index is 543. The molecule has 0 spiro atoms. The van der Waals surface area contributed by atoms with Gasteiger partial charge in [0.15, 0.2) is 0 Å². The average Bonchev–Trinajstić information content (AvgIpc) is 2.49. The molecule has 2 rings (SSSR count). The molecule has 1 unspecified atom stereocenters. The van der Waals surface area contributed by atoms with Crippen molar-refractivity contribution in [3.63, 3.8) is 0 Å². The van der Waals surface area contributed by atoms with Gasteiger partial charge in [-0.15, -0.1) is 0 Å². The van der Waals surface area contributed by atoms with Crippen LogP contribution in [0.1, 0.15) is 23.5 Å². The number of hydrogen-bond donors (Lipinski definition) is 0. The van der Waals surface area contributed by atoms with Gasteiger partial charge in [-0.3, -0.25) is 4.98 Å². The number of aryl methyl sites for hydroxylation is 1. The van der Waals surface area contributed by atoms with Crippen molar-refractivity contribution in [2.24, 2.45) is 0 Å². The summed E-state index contributed by atoms with van der Waals surface area (Å²) in [4.78, 5) is 3.99. The molecule has 0 aliphatic heterocycles. The molecule has 0 radical (unpaired) electrons. The van der Waals surface area contributed by atoms with Crippen molar-refractivity contribution in [1.29, 1.82) is 5.26 Å². The van der Waals surface area contributed by atoms with E-state index in [2.05, 4.69) is 11.1 Å². The van der Waals surface area contributed by atoms with E-state index in [-0.39, 0.29) is 5.92 Å². The highest BCUT2D eigenvalue weighted by atomic mass is 16.5. The summed E-state index contributed by atoms with van der Waals surface area (Å²) >= 11 is 0. The Morgan fingerprint density at radius 3 is 2.42 bits per heavy atom. The van der Waals surface area contributed by atoms with Crippen LogP contribution in [0, 0.1) is 11.3 Å². The Kier molecular flexibility index (Phi) is 4.52. The third-order valence-electron chi connectivity index (χ3n) is 3.15. The zero-order valence-electron chi connectivity index (χ0n) is 10.9. The van der Waals surface area contributed by atoms with Crippen molar-refractivity contribution in [3.8, 4) is 11.8 Å². The second-order valence-corrected chi connectivity index (χ2v) is 4.35. The van der Waals surface area contributed by atoms with E-state index in [1.165, 1.54) is 5.56 Å². The lowest BCUT2D eigenvalue weighted by Gasteiger charge is -2.10. The molecule has 0 N–H and O–H groups in total. The number of aromatic nitrogens is 1. The topological polar surface area (TPSA) is 45.9 Å². The molecule has 3 heteroatoms. The number of rotatable bonds is 5. The van der Waals surface area contributed by atoms with Crippen molar-refractivity contribution in [2.75, 3.05) is 7.11 Å². The second-order valence-electron chi connectivity index (χ2n) is 4.35. The SMILES string of the molecule is COc1ccc(C(C#N)CCc2ccncc2)cc1. The van der Waals surface area contributed by atoms with Crippen LogP contribution in [0.2, 0.25) is 0 Å². The maximum atomic E-state index is 9.29. The van der Waals surface area contributed by atoms with E-state index < -0.39 is 0 Å². The molecule has 0 fully saturated rings. The molecular weight excluding hydrogens is 236 g/mol. The van der Waals surface area contributed by atoms with Crippen LogP contribution >= 0.6 is 0 Å². The minimum absolute atomic E-state index is 0.0842. The first-order valence-corrected chi connectivity index (χ1v) is 6.26. The summed E-state index contributed by atoms with van der Waals surface area (Å²) in [5, 5.41) is 9.29. The van der Waals surface area contributed by atoms with Crippen molar-refractivity contribution in [1.82, 2.24) is 4.98 Å². The van der Waals surface area contributed by atoms with Gasteiger partial charge in [0.05, 0.1) is 19.1 Å². The molecule has 0 aliphatic carbocycles. The number of nitriles is 1. The lowest BCUT2D eigenvalue weighted by atomic mass is 9.94. The molecule has 0 saturated heterocycles.